The van der Waals surface area contributed by atoms with Crippen molar-refractivity contribution in [1.29, 1.82) is 0 Å². The van der Waals surface area contributed by atoms with Gasteiger partial charge in [-0.1, -0.05) is 25.1 Å². The van der Waals surface area contributed by atoms with E-state index in [9.17, 15) is 14.0 Å². The number of amides is 1. The third-order valence-corrected chi connectivity index (χ3v) is 5.58. The van der Waals surface area contributed by atoms with Crippen LogP contribution in [0.5, 0.6) is 0 Å². The molecule has 0 aliphatic carbocycles. The second-order valence-electron chi connectivity index (χ2n) is 7.75. The molecule has 0 bridgehead atoms. The SMILES string of the molecule is CCc1ccc(-n2nc(N3CCC[C@@H](C(=O)Nc4cccc(F)c4)C3)ccc2=O)cc1. The summed E-state index contributed by atoms with van der Waals surface area (Å²) in [5.74, 6) is -0.120. The fourth-order valence-corrected chi connectivity index (χ4v) is 3.84. The van der Waals surface area contributed by atoms with Crippen LogP contribution >= 0.6 is 0 Å². The summed E-state index contributed by atoms with van der Waals surface area (Å²) >= 11 is 0. The lowest BCUT2D eigenvalue weighted by atomic mass is 9.97. The van der Waals surface area contributed by atoms with E-state index >= 15 is 0 Å². The molecule has 1 aliphatic rings. The number of rotatable bonds is 5. The van der Waals surface area contributed by atoms with Crippen molar-refractivity contribution in [1.82, 2.24) is 9.78 Å². The molecule has 4 rings (SSSR count). The fraction of sp³-hybridized carbons (Fsp3) is 0.292. The van der Waals surface area contributed by atoms with Crippen molar-refractivity contribution in [3.63, 3.8) is 0 Å². The van der Waals surface area contributed by atoms with E-state index in [4.69, 9.17) is 0 Å². The van der Waals surface area contributed by atoms with Crippen LogP contribution in [0.25, 0.3) is 5.69 Å². The number of anilines is 2. The van der Waals surface area contributed by atoms with Gasteiger partial charge < -0.3 is 10.2 Å². The normalized spacial score (nSPS) is 16.2. The number of piperidine rings is 1. The Morgan fingerprint density at radius 2 is 1.97 bits per heavy atom. The van der Waals surface area contributed by atoms with Gasteiger partial charge in [0.1, 0.15) is 11.6 Å². The maximum absolute atomic E-state index is 13.4. The Bertz CT molecular complexity index is 1130. The fourth-order valence-electron chi connectivity index (χ4n) is 3.84. The Labute approximate surface area is 180 Å². The first-order chi connectivity index (χ1) is 15.0. The first-order valence-corrected chi connectivity index (χ1v) is 10.5. The number of halogens is 1. The second-order valence-corrected chi connectivity index (χ2v) is 7.75. The molecule has 3 aromatic rings. The zero-order chi connectivity index (χ0) is 21.8. The molecule has 0 radical (unpaired) electrons. The summed E-state index contributed by atoms with van der Waals surface area (Å²) in [5, 5.41) is 7.36. The molecular weight excluding hydrogens is 395 g/mol. The predicted octanol–water partition coefficient (Wildman–Crippen LogP) is 3.79. The molecule has 1 atom stereocenters. The molecule has 1 N–H and O–H groups in total. The number of aryl methyl sites for hydroxylation is 1. The van der Waals surface area contributed by atoms with Crippen LogP contribution in [0.1, 0.15) is 25.3 Å². The van der Waals surface area contributed by atoms with Crippen molar-refractivity contribution >= 4 is 17.4 Å². The average Bonchev–Trinajstić information content (AvgIpc) is 2.79. The van der Waals surface area contributed by atoms with E-state index in [1.807, 2.05) is 29.2 Å². The number of carbonyl (C=O) groups excluding carboxylic acids is 1. The molecule has 1 aromatic heterocycles. The van der Waals surface area contributed by atoms with Gasteiger partial charge in [0.15, 0.2) is 0 Å². The lowest BCUT2D eigenvalue weighted by Crippen LogP contribution is -2.41. The van der Waals surface area contributed by atoms with Crippen LogP contribution in [-0.4, -0.2) is 28.8 Å². The Hall–Kier alpha value is -3.48. The van der Waals surface area contributed by atoms with Gasteiger partial charge in [-0.2, -0.15) is 4.68 Å². The Balaban J connectivity index is 1.51. The first-order valence-electron chi connectivity index (χ1n) is 10.5. The third kappa shape index (κ3) is 4.82. The minimum absolute atomic E-state index is 0.140. The van der Waals surface area contributed by atoms with Gasteiger partial charge in [0.2, 0.25) is 5.91 Å². The number of hydrogen-bond donors (Lipinski definition) is 1. The van der Waals surface area contributed by atoms with Gasteiger partial charge in [-0.15, -0.1) is 5.10 Å². The van der Waals surface area contributed by atoms with Gasteiger partial charge in [0.25, 0.3) is 5.56 Å². The second kappa shape index (κ2) is 9.12. The van der Waals surface area contributed by atoms with Gasteiger partial charge in [-0.25, -0.2) is 4.39 Å². The molecule has 1 saturated heterocycles. The molecule has 0 spiro atoms. The number of benzene rings is 2. The summed E-state index contributed by atoms with van der Waals surface area (Å²) in [6, 6.07) is 16.9. The highest BCUT2D eigenvalue weighted by atomic mass is 19.1. The zero-order valence-corrected chi connectivity index (χ0v) is 17.4. The summed E-state index contributed by atoms with van der Waals surface area (Å²) in [5.41, 5.74) is 2.15. The zero-order valence-electron chi connectivity index (χ0n) is 17.4. The first kappa shape index (κ1) is 20.8. The summed E-state index contributed by atoms with van der Waals surface area (Å²) in [6.45, 7) is 3.32. The van der Waals surface area contributed by atoms with Crippen molar-refractivity contribution in [3.8, 4) is 5.69 Å². The molecule has 31 heavy (non-hydrogen) atoms. The summed E-state index contributed by atoms with van der Waals surface area (Å²) in [7, 11) is 0. The van der Waals surface area contributed by atoms with Crippen molar-refractivity contribution in [2.45, 2.75) is 26.2 Å². The van der Waals surface area contributed by atoms with E-state index in [-0.39, 0.29) is 23.2 Å². The van der Waals surface area contributed by atoms with Crippen molar-refractivity contribution in [2.75, 3.05) is 23.3 Å². The van der Waals surface area contributed by atoms with Crippen molar-refractivity contribution in [2.24, 2.45) is 5.92 Å². The standard InChI is InChI=1S/C24H25FN4O2/c1-2-17-8-10-21(11-9-17)29-23(30)13-12-22(27-29)28-14-4-5-18(16-28)24(31)26-20-7-3-6-19(25)15-20/h3,6-13,15,18H,2,4-5,14,16H2,1H3,(H,26,31)/t18-/m1/s1. The molecule has 2 aromatic carbocycles. The van der Waals surface area contributed by atoms with Gasteiger partial charge in [-0.3, -0.25) is 9.59 Å². The molecule has 0 unspecified atom stereocenters. The maximum atomic E-state index is 13.4. The molecule has 1 fully saturated rings. The largest absolute Gasteiger partial charge is 0.354 e. The number of nitrogens with one attached hydrogen (secondary N) is 1. The van der Waals surface area contributed by atoms with Crippen LogP contribution in [0.3, 0.4) is 0 Å². The van der Waals surface area contributed by atoms with Crippen LogP contribution in [-0.2, 0) is 11.2 Å². The highest BCUT2D eigenvalue weighted by Crippen LogP contribution is 2.23. The molecule has 1 amide bonds. The molecule has 7 heteroatoms. The monoisotopic (exact) mass is 420 g/mol. The Kier molecular flexibility index (Phi) is 6.11. The molecule has 2 heterocycles. The number of carbonyl (C=O) groups is 1. The summed E-state index contributed by atoms with van der Waals surface area (Å²) in [4.78, 5) is 27.1. The molecule has 160 valence electrons. The quantitative estimate of drug-likeness (QED) is 0.682. The lowest BCUT2D eigenvalue weighted by Gasteiger charge is -2.32. The van der Waals surface area contributed by atoms with E-state index in [2.05, 4.69) is 17.3 Å². The Morgan fingerprint density at radius 3 is 2.71 bits per heavy atom. The molecule has 6 nitrogen and oxygen atoms in total. The van der Waals surface area contributed by atoms with Gasteiger partial charge in [0, 0.05) is 24.8 Å². The minimum Gasteiger partial charge on any atom is -0.354 e. The van der Waals surface area contributed by atoms with Crippen LogP contribution in [0, 0.1) is 11.7 Å². The lowest BCUT2D eigenvalue weighted by molar-refractivity contribution is -0.120. The topological polar surface area (TPSA) is 67.2 Å². The molecule has 1 aliphatic heterocycles. The smallest absolute Gasteiger partial charge is 0.271 e. The van der Waals surface area contributed by atoms with Gasteiger partial charge in [-0.05, 0) is 61.2 Å². The van der Waals surface area contributed by atoms with Crippen molar-refractivity contribution in [3.05, 3.63) is 82.4 Å². The Morgan fingerprint density at radius 1 is 1.16 bits per heavy atom. The highest BCUT2D eigenvalue weighted by Gasteiger charge is 2.27. The minimum atomic E-state index is -0.388. The molecule has 0 saturated carbocycles. The number of hydrogen-bond acceptors (Lipinski definition) is 4. The van der Waals surface area contributed by atoms with Gasteiger partial charge >= 0.3 is 0 Å². The van der Waals surface area contributed by atoms with E-state index in [1.54, 1.807) is 18.2 Å². The highest BCUT2D eigenvalue weighted by molar-refractivity contribution is 5.93. The van der Waals surface area contributed by atoms with Crippen molar-refractivity contribution < 1.29 is 9.18 Å². The summed E-state index contributed by atoms with van der Waals surface area (Å²) in [6.07, 6.45) is 2.50. The van der Waals surface area contributed by atoms with E-state index in [1.165, 1.54) is 28.4 Å². The van der Waals surface area contributed by atoms with Crippen LogP contribution in [0.2, 0.25) is 0 Å². The third-order valence-electron chi connectivity index (χ3n) is 5.58. The molecular formula is C24H25FN4O2. The van der Waals surface area contributed by atoms with Crippen LogP contribution < -0.4 is 15.8 Å². The van der Waals surface area contributed by atoms with Crippen LogP contribution in [0.15, 0.2) is 65.5 Å². The summed E-state index contributed by atoms with van der Waals surface area (Å²) < 4.78 is 14.8. The van der Waals surface area contributed by atoms with E-state index in [0.717, 1.165) is 25.8 Å². The maximum Gasteiger partial charge on any atom is 0.271 e. The number of aromatic nitrogens is 2. The van der Waals surface area contributed by atoms with E-state index in [0.29, 0.717) is 23.7 Å². The predicted molar refractivity (Wildman–Crippen MR) is 119 cm³/mol. The van der Waals surface area contributed by atoms with Crippen LogP contribution in [0.4, 0.5) is 15.9 Å². The van der Waals surface area contributed by atoms with E-state index < -0.39 is 0 Å². The van der Waals surface area contributed by atoms with Gasteiger partial charge in [0.05, 0.1) is 11.6 Å². The average molecular weight is 420 g/mol. The number of nitrogens with zero attached hydrogens (tertiary/aromatic N) is 3.